The van der Waals surface area contributed by atoms with Crippen molar-refractivity contribution in [2.24, 2.45) is 0 Å². The topological polar surface area (TPSA) is 27.7 Å². The number of rotatable bonds is 8. The SMILES string of the molecule is CCO[Si](Cc1cc(F)cc(F)c1)(OCC)OCC. The fourth-order valence-electron chi connectivity index (χ4n) is 1.90. The van der Waals surface area contributed by atoms with Gasteiger partial charge in [0.05, 0.1) is 0 Å². The average molecular weight is 290 g/mol. The molecule has 0 fully saturated rings. The zero-order valence-corrected chi connectivity index (χ0v) is 12.5. The van der Waals surface area contributed by atoms with Crippen LogP contribution in [0.3, 0.4) is 0 Å². The Balaban J connectivity index is 2.96. The minimum atomic E-state index is -2.92. The Bertz CT molecular complexity index is 364. The predicted molar refractivity (Wildman–Crippen MR) is 70.7 cm³/mol. The highest BCUT2D eigenvalue weighted by Crippen LogP contribution is 2.19. The first-order valence-electron chi connectivity index (χ1n) is 6.42. The van der Waals surface area contributed by atoms with Crippen LogP contribution in [0.5, 0.6) is 0 Å². The van der Waals surface area contributed by atoms with E-state index >= 15 is 0 Å². The van der Waals surface area contributed by atoms with E-state index in [-0.39, 0.29) is 6.04 Å². The van der Waals surface area contributed by atoms with Gasteiger partial charge in [-0.05, 0) is 38.5 Å². The second kappa shape index (κ2) is 7.69. The molecule has 0 saturated carbocycles. The lowest BCUT2D eigenvalue weighted by atomic mass is 10.2. The van der Waals surface area contributed by atoms with E-state index in [1.54, 1.807) is 0 Å². The zero-order valence-electron chi connectivity index (χ0n) is 11.5. The zero-order chi connectivity index (χ0) is 14.3. The lowest BCUT2D eigenvalue weighted by Gasteiger charge is -2.28. The molecule has 0 atom stereocenters. The highest BCUT2D eigenvalue weighted by atomic mass is 28.4. The summed E-state index contributed by atoms with van der Waals surface area (Å²) in [6.07, 6.45) is 0. The van der Waals surface area contributed by atoms with Crippen molar-refractivity contribution >= 4 is 8.80 Å². The minimum Gasteiger partial charge on any atom is -0.374 e. The normalized spacial score (nSPS) is 11.8. The van der Waals surface area contributed by atoms with E-state index in [9.17, 15) is 8.78 Å². The quantitative estimate of drug-likeness (QED) is 0.689. The summed E-state index contributed by atoms with van der Waals surface area (Å²) in [7, 11) is -2.92. The summed E-state index contributed by atoms with van der Waals surface area (Å²) in [6.45, 7) is 6.82. The van der Waals surface area contributed by atoms with Gasteiger partial charge in [0.2, 0.25) is 0 Å². The van der Waals surface area contributed by atoms with Crippen LogP contribution in [0.2, 0.25) is 0 Å². The Kier molecular flexibility index (Phi) is 6.57. The maximum absolute atomic E-state index is 13.2. The molecule has 108 valence electrons. The third-order valence-electron chi connectivity index (χ3n) is 2.44. The van der Waals surface area contributed by atoms with Crippen molar-refractivity contribution in [3.8, 4) is 0 Å². The molecule has 19 heavy (non-hydrogen) atoms. The summed E-state index contributed by atoms with van der Waals surface area (Å²) in [5.41, 5.74) is 0.486. The Morgan fingerprint density at radius 2 is 1.26 bits per heavy atom. The second-order valence-electron chi connectivity index (χ2n) is 3.94. The maximum Gasteiger partial charge on any atom is 0.505 e. The molecule has 0 spiro atoms. The van der Waals surface area contributed by atoms with Crippen molar-refractivity contribution in [1.29, 1.82) is 0 Å². The first-order chi connectivity index (χ1) is 9.05. The van der Waals surface area contributed by atoms with Crippen LogP contribution in [0, 0.1) is 11.6 Å². The van der Waals surface area contributed by atoms with E-state index in [4.69, 9.17) is 13.3 Å². The summed E-state index contributed by atoms with van der Waals surface area (Å²) in [4.78, 5) is 0. The van der Waals surface area contributed by atoms with E-state index in [0.29, 0.717) is 25.4 Å². The van der Waals surface area contributed by atoms with Gasteiger partial charge in [0.1, 0.15) is 11.6 Å². The molecule has 0 aliphatic heterocycles. The van der Waals surface area contributed by atoms with Crippen molar-refractivity contribution < 1.29 is 22.1 Å². The molecule has 0 unspecified atom stereocenters. The summed E-state index contributed by atoms with van der Waals surface area (Å²) in [5.74, 6) is -1.22. The van der Waals surface area contributed by atoms with Crippen LogP contribution in [-0.2, 0) is 19.3 Å². The lowest BCUT2D eigenvalue weighted by Crippen LogP contribution is -2.48. The van der Waals surface area contributed by atoms with Crippen LogP contribution >= 0.6 is 0 Å². The molecule has 6 heteroatoms. The lowest BCUT2D eigenvalue weighted by molar-refractivity contribution is 0.0704. The van der Waals surface area contributed by atoms with Crippen LogP contribution in [0.1, 0.15) is 26.3 Å². The van der Waals surface area contributed by atoms with Crippen LogP contribution in [-0.4, -0.2) is 28.6 Å². The van der Waals surface area contributed by atoms with Gasteiger partial charge in [-0.25, -0.2) is 8.78 Å². The Labute approximate surface area is 113 Å². The van der Waals surface area contributed by atoms with Crippen LogP contribution in [0.15, 0.2) is 18.2 Å². The largest absolute Gasteiger partial charge is 0.505 e. The van der Waals surface area contributed by atoms with Gasteiger partial charge in [-0.3, -0.25) is 0 Å². The first-order valence-corrected chi connectivity index (χ1v) is 8.35. The molecule has 0 saturated heterocycles. The number of hydrogen-bond donors (Lipinski definition) is 0. The molecular formula is C13H20F2O3Si. The maximum atomic E-state index is 13.2. The Morgan fingerprint density at radius 1 is 0.842 bits per heavy atom. The fraction of sp³-hybridized carbons (Fsp3) is 0.538. The number of hydrogen-bond acceptors (Lipinski definition) is 3. The van der Waals surface area contributed by atoms with Gasteiger partial charge in [0.25, 0.3) is 0 Å². The van der Waals surface area contributed by atoms with Crippen molar-refractivity contribution in [2.45, 2.75) is 26.8 Å². The molecule has 0 amide bonds. The Morgan fingerprint density at radius 3 is 1.63 bits per heavy atom. The molecule has 0 N–H and O–H groups in total. The molecule has 0 radical (unpaired) electrons. The van der Waals surface area contributed by atoms with Crippen molar-refractivity contribution in [1.82, 2.24) is 0 Å². The average Bonchev–Trinajstić information content (AvgIpc) is 2.28. The van der Waals surface area contributed by atoms with Gasteiger partial charge >= 0.3 is 8.80 Å². The van der Waals surface area contributed by atoms with Crippen molar-refractivity contribution in [2.75, 3.05) is 19.8 Å². The van der Waals surface area contributed by atoms with Gasteiger partial charge in [0.15, 0.2) is 0 Å². The summed E-state index contributed by atoms with van der Waals surface area (Å²) < 4.78 is 43.4. The highest BCUT2D eigenvalue weighted by Gasteiger charge is 2.40. The first kappa shape index (κ1) is 16.2. The molecule has 0 aliphatic carbocycles. The third kappa shape index (κ3) is 4.98. The molecule has 0 bridgehead atoms. The minimum absolute atomic E-state index is 0.261. The van der Waals surface area contributed by atoms with E-state index in [1.807, 2.05) is 20.8 Å². The predicted octanol–water partition coefficient (Wildman–Crippen LogP) is 3.09. The van der Waals surface area contributed by atoms with Gasteiger partial charge in [-0.15, -0.1) is 0 Å². The Hall–Kier alpha value is -0.823. The number of benzene rings is 1. The van der Waals surface area contributed by atoms with Gasteiger partial charge < -0.3 is 13.3 Å². The van der Waals surface area contributed by atoms with E-state index in [1.165, 1.54) is 12.1 Å². The van der Waals surface area contributed by atoms with Gasteiger partial charge in [-0.2, -0.15) is 0 Å². The number of halogens is 2. The third-order valence-corrected chi connectivity index (χ3v) is 5.46. The summed E-state index contributed by atoms with van der Waals surface area (Å²) >= 11 is 0. The second-order valence-corrected chi connectivity index (χ2v) is 6.52. The summed E-state index contributed by atoms with van der Waals surface area (Å²) in [5, 5.41) is 0. The molecule has 0 heterocycles. The molecule has 0 aliphatic rings. The fourth-order valence-corrected chi connectivity index (χ4v) is 4.48. The van der Waals surface area contributed by atoms with E-state index < -0.39 is 20.4 Å². The molecule has 1 aromatic carbocycles. The smallest absolute Gasteiger partial charge is 0.374 e. The molecule has 1 rings (SSSR count). The van der Waals surface area contributed by atoms with Crippen LogP contribution < -0.4 is 0 Å². The van der Waals surface area contributed by atoms with Crippen molar-refractivity contribution in [3.05, 3.63) is 35.4 Å². The highest BCUT2D eigenvalue weighted by molar-refractivity contribution is 6.60. The monoisotopic (exact) mass is 290 g/mol. The van der Waals surface area contributed by atoms with E-state index in [2.05, 4.69) is 0 Å². The van der Waals surface area contributed by atoms with Gasteiger partial charge in [0, 0.05) is 31.9 Å². The molecule has 1 aromatic rings. The van der Waals surface area contributed by atoms with Crippen LogP contribution in [0.4, 0.5) is 8.78 Å². The van der Waals surface area contributed by atoms with Crippen LogP contribution in [0.25, 0.3) is 0 Å². The van der Waals surface area contributed by atoms with Gasteiger partial charge in [-0.1, -0.05) is 0 Å². The van der Waals surface area contributed by atoms with E-state index in [0.717, 1.165) is 6.07 Å². The van der Waals surface area contributed by atoms with Crippen molar-refractivity contribution in [3.63, 3.8) is 0 Å². The molecular weight excluding hydrogens is 270 g/mol. The summed E-state index contributed by atoms with van der Waals surface area (Å²) in [6, 6.07) is 3.66. The standard InChI is InChI=1S/C13H20F2O3Si/c1-4-16-19(17-5-2,18-6-3)10-11-7-12(14)9-13(15)8-11/h7-9H,4-6,10H2,1-3H3. The molecule has 3 nitrogen and oxygen atoms in total. The molecule has 0 aromatic heterocycles.